The van der Waals surface area contributed by atoms with Gasteiger partial charge in [0.05, 0.1) is 16.7 Å². The van der Waals surface area contributed by atoms with Gasteiger partial charge in [0.15, 0.2) is 17.5 Å². The van der Waals surface area contributed by atoms with Crippen molar-refractivity contribution in [1.29, 1.82) is 0 Å². The molecule has 0 N–H and O–H groups in total. The van der Waals surface area contributed by atoms with Crippen molar-refractivity contribution in [3.8, 4) is 84.5 Å². The van der Waals surface area contributed by atoms with Crippen LogP contribution in [-0.4, -0.2) is 24.5 Å². The first kappa shape index (κ1) is 39.1. The lowest BCUT2D eigenvalue weighted by Gasteiger charge is -2.18. The standard InChI is InChI=1S/C62H39N5O/c1-6-19-40(20-7-1)47-30-18-31-48(41-21-8-2-9-22-41)58(47)45-35-53(62-65-60(42-23-10-3-11-24-42)64-61(66-62)43-25-12-4-13-26-43)59(63-39-45)44-33-34-50-52-37-51-49-29-16-17-32-54(49)67(46-27-14-5-15-28-46)55(51)38-57(52)68-56(50)36-44/h1-39H. The van der Waals surface area contributed by atoms with E-state index in [1.165, 1.54) is 10.8 Å². The van der Waals surface area contributed by atoms with Gasteiger partial charge in [-0.05, 0) is 70.3 Å². The number of nitrogens with zero attached hydrogens (tertiary/aromatic N) is 5. The lowest BCUT2D eigenvalue weighted by atomic mass is 9.87. The van der Waals surface area contributed by atoms with Crippen LogP contribution in [0, 0.1) is 0 Å². The summed E-state index contributed by atoms with van der Waals surface area (Å²) in [6.45, 7) is 0. The van der Waals surface area contributed by atoms with E-state index in [1.807, 2.05) is 66.9 Å². The van der Waals surface area contributed by atoms with E-state index < -0.39 is 0 Å². The van der Waals surface area contributed by atoms with Crippen molar-refractivity contribution in [3.63, 3.8) is 0 Å². The number of fused-ring (bicyclic) bond motifs is 6. The second-order valence-corrected chi connectivity index (χ2v) is 17.0. The molecule has 0 amide bonds. The molecule has 0 radical (unpaired) electrons. The highest BCUT2D eigenvalue weighted by molar-refractivity contribution is 6.17. The zero-order valence-electron chi connectivity index (χ0n) is 36.7. The molecule has 4 heterocycles. The molecule has 13 aromatic rings. The molecule has 0 aliphatic rings. The molecule has 0 aliphatic heterocycles. The maximum Gasteiger partial charge on any atom is 0.166 e. The Balaban J connectivity index is 1.05. The summed E-state index contributed by atoms with van der Waals surface area (Å²) in [5.74, 6) is 1.67. The largest absolute Gasteiger partial charge is 0.456 e. The summed E-state index contributed by atoms with van der Waals surface area (Å²) in [7, 11) is 0. The monoisotopic (exact) mass is 869 g/mol. The van der Waals surface area contributed by atoms with Crippen LogP contribution in [0.2, 0.25) is 0 Å². The van der Waals surface area contributed by atoms with Crippen LogP contribution in [0.4, 0.5) is 0 Å². The highest BCUT2D eigenvalue weighted by Gasteiger charge is 2.23. The summed E-state index contributed by atoms with van der Waals surface area (Å²) in [4.78, 5) is 21.0. The highest BCUT2D eigenvalue weighted by Crippen LogP contribution is 2.44. The fraction of sp³-hybridized carbons (Fsp3) is 0. The highest BCUT2D eigenvalue weighted by atomic mass is 16.3. The van der Waals surface area contributed by atoms with Gasteiger partial charge in [-0.1, -0.05) is 182 Å². The molecule has 4 aromatic heterocycles. The molecule has 0 bridgehead atoms. The Bertz CT molecular complexity index is 3880. The molecular formula is C62H39N5O. The van der Waals surface area contributed by atoms with Crippen molar-refractivity contribution in [1.82, 2.24) is 24.5 Å². The molecular weight excluding hydrogens is 831 g/mol. The van der Waals surface area contributed by atoms with E-state index in [1.54, 1.807) is 0 Å². The molecule has 0 aliphatic carbocycles. The van der Waals surface area contributed by atoms with Crippen molar-refractivity contribution in [3.05, 3.63) is 237 Å². The Morgan fingerprint density at radius 3 is 1.50 bits per heavy atom. The van der Waals surface area contributed by atoms with Crippen LogP contribution < -0.4 is 0 Å². The quantitative estimate of drug-likeness (QED) is 0.152. The Kier molecular flexibility index (Phi) is 9.39. The van der Waals surface area contributed by atoms with Crippen molar-refractivity contribution < 1.29 is 4.42 Å². The Morgan fingerprint density at radius 2 is 0.868 bits per heavy atom. The van der Waals surface area contributed by atoms with E-state index >= 15 is 0 Å². The van der Waals surface area contributed by atoms with Crippen LogP contribution in [0.3, 0.4) is 0 Å². The number of para-hydroxylation sites is 2. The summed E-state index contributed by atoms with van der Waals surface area (Å²) in [5.41, 5.74) is 15.5. The first-order valence-electron chi connectivity index (χ1n) is 22.8. The van der Waals surface area contributed by atoms with E-state index in [2.05, 4.69) is 174 Å². The van der Waals surface area contributed by atoms with Gasteiger partial charge in [0.1, 0.15) is 11.2 Å². The molecule has 0 unspecified atom stereocenters. The number of hydrogen-bond acceptors (Lipinski definition) is 5. The predicted octanol–water partition coefficient (Wildman–Crippen LogP) is 15.9. The molecule has 6 heteroatoms. The average Bonchev–Trinajstić information content (AvgIpc) is 3.95. The van der Waals surface area contributed by atoms with Gasteiger partial charge in [0, 0.05) is 67.3 Å². The fourth-order valence-corrected chi connectivity index (χ4v) is 9.75. The second kappa shape index (κ2) is 16.3. The molecule has 318 valence electrons. The summed E-state index contributed by atoms with van der Waals surface area (Å²) in [5, 5.41) is 4.45. The number of pyridine rings is 1. The first-order valence-corrected chi connectivity index (χ1v) is 22.8. The van der Waals surface area contributed by atoms with Crippen LogP contribution in [-0.2, 0) is 0 Å². The third-order valence-corrected chi connectivity index (χ3v) is 12.9. The molecule has 13 rings (SSSR count). The minimum atomic E-state index is 0.515. The van der Waals surface area contributed by atoms with Gasteiger partial charge in [-0.2, -0.15) is 0 Å². The van der Waals surface area contributed by atoms with Gasteiger partial charge >= 0.3 is 0 Å². The molecule has 0 spiro atoms. The molecule has 0 fully saturated rings. The van der Waals surface area contributed by atoms with Crippen LogP contribution >= 0.6 is 0 Å². The average molecular weight is 870 g/mol. The van der Waals surface area contributed by atoms with E-state index in [-0.39, 0.29) is 0 Å². The fourth-order valence-electron chi connectivity index (χ4n) is 9.75. The second-order valence-electron chi connectivity index (χ2n) is 17.0. The van der Waals surface area contributed by atoms with Crippen molar-refractivity contribution in [2.75, 3.05) is 0 Å². The lowest BCUT2D eigenvalue weighted by molar-refractivity contribution is 0.669. The number of hydrogen-bond donors (Lipinski definition) is 0. The van der Waals surface area contributed by atoms with Gasteiger partial charge < -0.3 is 8.98 Å². The molecule has 0 saturated carbocycles. The summed E-state index contributed by atoms with van der Waals surface area (Å²) < 4.78 is 9.17. The van der Waals surface area contributed by atoms with E-state index in [0.29, 0.717) is 17.5 Å². The Hall–Kier alpha value is -9.26. The van der Waals surface area contributed by atoms with Crippen molar-refractivity contribution >= 4 is 43.7 Å². The van der Waals surface area contributed by atoms with Gasteiger partial charge in [-0.3, -0.25) is 4.98 Å². The summed E-state index contributed by atoms with van der Waals surface area (Å²) in [6.07, 6.45) is 1.99. The molecule has 6 nitrogen and oxygen atoms in total. The predicted molar refractivity (Wildman–Crippen MR) is 277 cm³/mol. The van der Waals surface area contributed by atoms with Gasteiger partial charge in [0.2, 0.25) is 0 Å². The van der Waals surface area contributed by atoms with Crippen molar-refractivity contribution in [2.24, 2.45) is 0 Å². The number of rotatable bonds is 8. The zero-order chi connectivity index (χ0) is 45.0. The van der Waals surface area contributed by atoms with E-state index in [4.69, 9.17) is 24.4 Å². The molecule has 68 heavy (non-hydrogen) atoms. The molecule has 0 saturated heterocycles. The smallest absolute Gasteiger partial charge is 0.166 e. The number of benzene rings is 9. The van der Waals surface area contributed by atoms with Gasteiger partial charge in [-0.15, -0.1) is 0 Å². The normalized spacial score (nSPS) is 11.5. The van der Waals surface area contributed by atoms with Crippen LogP contribution in [0.5, 0.6) is 0 Å². The third-order valence-electron chi connectivity index (χ3n) is 12.9. The first-order chi connectivity index (χ1) is 33.7. The van der Waals surface area contributed by atoms with Crippen LogP contribution in [0.1, 0.15) is 0 Å². The van der Waals surface area contributed by atoms with Crippen molar-refractivity contribution in [2.45, 2.75) is 0 Å². The minimum Gasteiger partial charge on any atom is -0.456 e. The van der Waals surface area contributed by atoms with Crippen LogP contribution in [0.25, 0.3) is 128 Å². The molecule has 9 aromatic carbocycles. The molecule has 0 atom stereocenters. The minimum absolute atomic E-state index is 0.515. The maximum atomic E-state index is 6.85. The zero-order valence-corrected chi connectivity index (χ0v) is 36.7. The topological polar surface area (TPSA) is 69.6 Å². The van der Waals surface area contributed by atoms with Crippen LogP contribution in [0.15, 0.2) is 241 Å². The maximum absolute atomic E-state index is 6.85. The summed E-state index contributed by atoms with van der Waals surface area (Å²) in [6, 6.07) is 80.0. The Morgan fingerprint density at radius 1 is 0.324 bits per heavy atom. The Labute approximate surface area is 392 Å². The SMILES string of the molecule is c1ccc(-c2nc(-c3ccccc3)nc(-c3cc(-c4c(-c5ccccc5)cccc4-c4ccccc4)cnc3-c3ccc4c(c3)oc3cc5c(cc34)c3ccccc3n5-c3ccccc3)n2)cc1. The van der Waals surface area contributed by atoms with Gasteiger partial charge in [-0.25, -0.2) is 15.0 Å². The third kappa shape index (κ3) is 6.74. The summed E-state index contributed by atoms with van der Waals surface area (Å²) >= 11 is 0. The number of aromatic nitrogens is 5. The number of furan rings is 1. The van der Waals surface area contributed by atoms with Gasteiger partial charge in [0.25, 0.3) is 0 Å². The lowest BCUT2D eigenvalue weighted by Crippen LogP contribution is -2.02. The van der Waals surface area contributed by atoms with E-state index in [0.717, 1.165) is 100.0 Å². The van der Waals surface area contributed by atoms with E-state index in [9.17, 15) is 0 Å².